The maximum Gasteiger partial charge on any atom is 0.270 e. The predicted octanol–water partition coefficient (Wildman–Crippen LogP) is 1.95. The summed E-state index contributed by atoms with van der Waals surface area (Å²) in [6.07, 6.45) is 0.809. The summed E-state index contributed by atoms with van der Waals surface area (Å²) >= 11 is 0. The molecule has 0 aromatic carbocycles. The fraction of sp³-hybridized carbons (Fsp3) is 0.643. The minimum absolute atomic E-state index is 0.134. The number of likely N-dealkylation sites (tertiary alicyclic amines) is 1. The highest BCUT2D eigenvalue weighted by molar-refractivity contribution is 5.92. The van der Waals surface area contributed by atoms with Crippen molar-refractivity contribution in [2.75, 3.05) is 13.1 Å². The smallest absolute Gasteiger partial charge is 0.270 e. The van der Waals surface area contributed by atoms with Gasteiger partial charge in [0.2, 0.25) is 0 Å². The highest BCUT2D eigenvalue weighted by Gasteiger charge is 2.26. The first-order valence-corrected chi connectivity index (χ1v) is 6.97. The van der Waals surface area contributed by atoms with Crippen molar-refractivity contribution in [3.63, 3.8) is 0 Å². The minimum Gasteiger partial charge on any atom is -0.338 e. The van der Waals surface area contributed by atoms with Gasteiger partial charge in [0.25, 0.3) is 12.3 Å². The molecule has 0 spiro atoms. The zero-order valence-corrected chi connectivity index (χ0v) is 11.6. The van der Waals surface area contributed by atoms with E-state index in [1.165, 1.54) is 10.8 Å². The Morgan fingerprint density at radius 1 is 1.45 bits per heavy atom. The second-order valence-electron chi connectivity index (χ2n) is 5.43. The molecule has 6 heteroatoms. The van der Waals surface area contributed by atoms with Crippen LogP contribution in [0.5, 0.6) is 0 Å². The van der Waals surface area contributed by atoms with Crippen LogP contribution in [-0.4, -0.2) is 40.9 Å². The van der Waals surface area contributed by atoms with Gasteiger partial charge in [-0.1, -0.05) is 0 Å². The lowest BCUT2D eigenvalue weighted by Gasteiger charge is -2.33. The van der Waals surface area contributed by atoms with E-state index in [1.54, 1.807) is 17.0 Å². The van der Waals surface area contributed by atoms with Gasteiger partial charge in [-0.25, -0.2) is 8.78 Å². The molecule has 0 saturated carbocycles. The molecule has 1 atom stereocenters. The molecule has 4 nitrogen and oxygen atoms in total. The molecule has 0 aliphatic carbocycles. The highest BCUT2D eigenvalue weighted by atomic mass is 19.3. The zero-order chi connectivity index (χ0) is 14.7. The molecule has 0 radical (unpaired) electrons. The quantitative estimate of drug-likeness (QED) is 0.919. The van der Waals surface area contributed by atoms with Gasteiger partial charge in [-0.3, -0.25) is 4.79 Å². The SMILES string of the molecule is CC(N)C1CCN(C(=O)c2cccn2CC(F)F)CC1. The number of halogens is 2. The Bertz CT molecular complexity index is 451. The van der Waals surface area contributed by atoms with Gasteiger partial charge in [-0.15, -0.1) is 0 Å². The Morgan fingerprint density at radius 3 is 2.65 bits per heavy atom. The summed E-state index contributed by atoms with van der Waals surface area (Å²) in [5.74, 6) is 0.269. The summed E-state index contributed by atoms with van der Waals surface area (Å²) in [5.41, 5.74) is 6.21. The summed E-state index contributed by atoms with van der Waals surface area (Å²) in [6, 6.07) is 3.36. The number of piperidine rings is 1. The Labute approximate surface area is 117 Å². The van der Waals surface area contributed by atoms with Crippen LogP contribution in [0.3, 0.4) is 0 Å². The molecule has 2 heterocycles. The number of hydrogen-bond acceptors (Lipinski definition) is 2. The van der Waals surface area contributed by atoms with Crippen molar-refractivity contribution in [1.82, 2.24) is 9.47 Å². The standard InChI is InChI=1S/C14H21F2N3O/c1-10(17)11-4-7-18(8-5-11)14(20)12-3-2-6-19(12)9-13(15)16/h2-3,6,10-11,13H,4-5,7-9,17H2,1H3. The van der Waals surface area contributed by atoms with Crippen LogP contribution in [0.1, 0.15) is 30.3 Å². The van der Waals surface area contributed by atoms with Gasteiger partial charge in [0.05, 0.1) is 6.54 Å². The molecule has 2 rings (SSSR count). The topological polar surface area (TPSA) is 51.3 Å². The van der Waals surface area contributed by atoms with Gasteiger partial charge in [-0.05, 0) is 37.8 Å². The fourth-order valence-electron chi connectivity index (χ4n) is 2.71. The molecule has 2 N–H and O–H groups in total. The van der Waals surface area contributed by atoms with Crippen LogP contribution in [0.2, 0.25) is 0 Å². The number of aromatic nitrogens is 1. The Balaban J connectivity index is 2.00. The van der Waals surface area contributed by atoms with Crippen LogP contribution in [-0.2, 0) is 6.54 Å². The number of carbonyl (C=O) groups excluding carboxylic acids is 1. The lowest BCUT2D eigenvalue weighted by molar-refractivity contribution is 0.0661. The van der Waals surface area contributed by atoms with Crippen LogP contribution in [0.25, 0.3) is 0 Å². The largest absolute Gasteiger partial charge is 0.338 e. The Hall–Kier alpha value is -1.43. The van der Waals surface area contributed by atoms with Gasteiger partial charge < -0.3 is 15.2 Å². The van der Waals surface area contributed by atoms with E-state index in [1.807, 2.05) is 6.92 Å². The predicted molar refractivity (Wildman–Crippen MR) is 72.7 cm³/mol. The lowest BCUT2D eigenvalue weighted by atomic mass is 9.91. The molecular formula is C14H21F2N3O. The average molecular weight is 285 g/mol. The number of carbonyl (C=O) groups is 1. The lowest BCUT2D eigenvalue weighted by Crippen LogP contribution is -2.43. The van der Waals surface area contributed by atoms with E-state index in [0.29, 0.717) is 24.7 Å². The van der Waals surface area contributed by atoms with Gasteiger partial charge in [-0.2, -0.15) is 0 Å². The molecule has 20 heavy (non-hydrogen) atoms. The van der Waals surface area contributed by atoms with Crippen LogP contribution < -0.4 is 5.73 Å². The van der Waals surface area contributed by atoms with Crippen molar-refractivity contribution in [1.29, 1.82) is 0 Å². The summed E-state index contributed by atoms with van der Waals surface area (Å²) in [6.45, 7) is 2.83. The van der Waals surface area contributed by atoms with Crippen molar-refractivity contribution in [2.45, 2.75) is 38.8 Å². The molecule has 112 valence electrons. The van der Waals surface area contributed by atoms with Crippen LogP contribution in [0, 0.1) is 5.92 Å². The number of hydrogen-bond donors (Lipinski definition) is 1. The van der Waals surface area contributed by atoms with Crippen LogP contribution in [0.4, 0.5) is 8.78 Å². The number of nitrogens with two attached hydrogens (primary N) is 1. The van der Waals surface area contributed by atoms with Gasteiger partial charge in [0, 0.05) is 25.3 Å². The third-order valence-electron chi connectivity index (χ3n) is 3.95. The van der Waals surface area contributed by atoms with E-state index in [4.69, 9.17) is 5.73 Å². The number of nitrogens with zero attached hydrogens (tertiary/aromatic N) is 2. The van der Waals surface area contributed by atoms with Gasteiger partial charge in [0.15, 0.2) is 0 Å². The van der Waals surface area contributed by atoms with Crippen molar-refractivity contribution in [2.24, 2.45) is 11.7 Å². The third kappa shape index (κ3) is 3.36. The minimum atomic E-state index is -2.46. The zero-order valence-electron chi connectivity index (χ0n) is 11.6. The van der Waals surface area contributed by atoms with Crippen molar-refractivity contribution >= 4 is 5.91 Å². The highest BCUT2D eigenvalue weighted by Crippen LogP contribution is 2.21. The van der Waals surface area contributed by atoms with E-state index in [-0.39, 0.29) is 11.9 Å². The van der Waals surface area contributed by atoms with Gasteiger partial charge in [0.1, 0.15) is 5.69 Å². The molecule has 0 bridgehead atoms. The summed E-state index contributed by atoms with van der Waals surface area (Å²) in [7, 11) is 0. The monoisotopic (exact) mass is 285 g/mol. The molecule has 1 amide bonds. The van der Waals surface area contributed by atoms with Crippen molar-refractivity contribution < 1.29 is 13.6 Å². The molecule has 1 aliphatic heterocycles. The molecule has 1 aromatic rings. The van der Waals surface area contributed by atoms with Crippen molar-refractivity contribution in [3.05, 3.63) is 24.0 Å². The number of amides is 1. The molecule has 1 fully saturated rings. The Morgan fingerprint density at radius 2 is 2.10 bits per heavy atom. The summed E-state index contributed by atoms with van der Waals surface area (Å²) in [4.78, 5) is 14.1. The third-order valence-corrected chi connectivity index (χ3v) is 3.95. The van der Waals surface area contributed by atoms with E-state index in [9.17, 15) is 13.6 Å². The average Bonchev–Trinajstić information content (AvgIpc) is 2.85. The summed E-state index contributed by atoms with van der Waals surface area (Å²) in [5, 5.41) is 0. The maximum atomic E-state index is 12.5. The van der Waals surface area contributed by atoms with E-state index in [2.05, 4.69) is 0 Å². The van der Waals surface area contributed by atoms with Crippen LogP contribution >= 0.6 is 0 Å². The van der Waals surface area contributed by atoms with E-state index >= 15 is 0 Å². The number of rotatable bonds is 4. The molecule has 1 aromatic heterocycles. The second kappa shape index (κ2) is 6.35. The number of alkyl halides is 2. The second-order valence-corrected chi connectivity index (χ2v) is 5.43. The first kappa shape index (κ1) is 15.0. The fourth-order valence-corrected chi connectivity index (χ4v) is 2.71. The molecule has 1 unspecified atom stereocenters. The normalized spacial score (nSPS) is 18.6. The van der Waals surface area contributed by atoms with E-state index < -0.39 is 13.0 Å². The van der Waals surface area contributed by atoms with Gasteiger partial charge >= 0.3 is 0 Å². The molecular weight excluding hydrogens is 264 g/mol. The maximum absolute atomic E-state index is 12.5. The Kier molecular flexibility index (Phi) is 4.75. The van der Waals surface area contributed by atoms with Crippen molar-refractivity contribution in [3.8, 4) is 0 Å². The molecule has 1 saturated heterocycles. The van der Waals surface area contributed by atoms with E-state index in [0.717, 1.165) is 12.8 Å². The molecule has 1 aliphatic rings. The summed E-state index contributed by atoms with van der Waals surface area (Å²) < 4.78 is 26.3. The van der Waals surface area contributed by atoms with Crippen LogP contribution in [0.15, 0.2) is 18.3 Å². The first-order valence-electron chi connectivity index (χ1n) is 6.97. The first-order chi connectivity index (χ1) is 9.49.